The summed E-state index contributed by atoms with van der Waals surface area (Å²) in [6.45, 7) is 4.19. The summed E-state index contributed by atoms with van der Waals surface area (Å²) < 4.78 is 61.0. The third kappa shape index (κ3) is 7.28. The predicted octanol–water partition coefficient (Wildman–Crippen LogP) is 2.79. The van der Waals surface area contributed by atoms with Crippen molar-refractivity contribution in [3.8, 4) is 0 Å². The topological polar surface area (TPSA) is 76.7 Å². The van der Waals surface area contributed by atoms with E-state index in [-0.39, 0.29) is 6.04 Å². The fourth-order valence-electron chi connectivity index (χ4n) is 1.98. The highest BCUT2D eigenvalue weighted by Crippen LogP contribution is 2.20. The molecule has 1 aromatic carbocycles. The zero-order chi connectivity index (χ0) is 21.5. The Labute approximate surface area is 162 Å². The maximum atomic E-state index is 10.7. The number of rotatable bonds is 3. The largest absolute Gasteiger partial charge is 0.741 e. The van der Waals surface area contributed by atoms with Crippen molar-refractivity contribution in [3.05, 3.63) is 60.4 Å². The average Bonchev–Trinajstić information content (AvgIpc) is 2.59. The second kappa shape index (κ2) is 9.65. The normalized spacial score (nSPS) is 12.4. The molecule has 0 aliphatic heterocycles. The van der Waals surface area contributed by atoms with Crippen molar-refractivity contribution in [3.63, 3.8) is 0 Å². The van der Waals surface area contributed by atoms with Crippen LogP contribution in [0.1, 0.15) is 19.4 Å². The second-order valence-corrected chi connectivity index (χ2v) is 7.54. The molecule has 2 aromatic rings. The molecule has 10 heteroatoms. The molecule has 28 heavy (non-hydrogen) atoms. The molecule has 0 unspecified atom stereocenters. The number of hydrogen-bond acceptors (Lipinski definition) is 5. The van der Waals surface area contributed by atoms with Crippen LogP contribution in [0.4, 0.5) is 18.9 Å². The van der Waals surface area contributed by atoms with Crippen LogP contribution in [0.15, 0.2) is 59.9 Å². The van der Waals surface area contributed by atoms with Gasteiger partial charge in [-0.1, -0.05) is 23.2 Å². The lowest BCUT2D eigenvalue weighted by Gasteiger charge is -2.11. The number of hydrogen-bond donors (Lipinski definition) is 0. The van der Waals surface area contributed by atoms with Gasteiger partial charge in [0.05, 0.1) is 18.0 Å². The summed E-state index contributed by atoms with van der Waals surface area (Å²) in [5, 5.41) is 0. The predicted molar refractivity (Wildman–Crippen MR) is 100 cm³/mol. The minimum atomic E-state index is -6.09. The molecule has 6 nitrogen and oxygen atoms in total. The van der Waals surface area contributed by atoms with Crippen LogP contribution < -0.4 is 9.47 Å². The lowest BCUT2D eigenvalue weighted by molar-refractivity contribution is -0.554. The third-order valence-corrected chi connectivity index (χ3v) is 3.84. The van der Waals surface area contributed by atoms with Crippen LogP contribution in [0.2, 0.25) is 0 Å². The van der Waals surface area contributed by atoms with Gasteiger partial charge >= 0.3 is 11.3 Å². The summed E-state index contributed by atoms with van der Waals surface area (Å²) in [5.41, 5.74) is -3.34. The van der Waals surface area contributed by atoms with Crippen LogP contribution in [-0.2, 0) is 10.1 Å². The zero-order valence-electron chi connectivity index (χ0n) is 15.9. The van der Waals surface area contributed by atoms with Crippen LogP contribution in [0.3, 0.4) is 0 Å². The van der Waals surface area contributed by atoms with Crippen LogP contribution in [0.25, 0.3) is 0 Å². The van der Waals surface area contributed by atoms with E-state index in [1.807, 2.05) is 32.3 Å². The Hall–Kier alpha value is -2.46. The molecule has 1 aromatic heterocycles. The standard InChI is InChI=1S/C17H22N3.CHF3O3S/c1-14(2)18-17(15-8-6-5-7-9-15)20-12-10-16(11-13-20)19(3)4;2-1(3,4)8(5,6)7/h5-14H,1-4H3;(H,5,6,7)/q+1;/p-1. The van der Waals surface area contributed by atoms with Gasteiger partial charge in [-0.05, 0) is 26.0 Å². The SMILES string of the molecule is CC(C)N=C(c1ccccc1)[n+]1ccc(N(C)C)cc1.O=S(=O)([O-])C(F)(F)F. The number of anilines is 1. The van der Waals surface area contributed by atoms with Crippen molar-refractivity contribution in [2.75, 3.05) is 19.0 Å². The zero-order valence-corrected chi connectivity index (χ0v) is 16.7. The first-order chi connectivity index (χ1) is 12.8. The van der Waals surface area contributed by atoms with E-state index in [0.717, 1.165) is 11.4 Å². The molecule has 0 saturated heterocycles. The van der Waals surface area contributed by atoms with Gasteiger partial charge in [0.15, 0.2) is 10.1 Å². The van der Waals surface area contributed by atoms with Gasteiger partial charge in [-0.3, -0.25) is 0 Å². The monoisotopic (exact) mass is 417 g/mol. The summed E-state index contributed by atoms with van der Waals surface area (Å²) in [4.78, 5) is 6.85. The van der Waals surface area contributed by atoms with Gasteiger partial charge < -0.3 is 9.45 Å². The van der Waals surface area contributed by atoms with Crippen molar-refractivity contribution in [1.82, 2.24) is 0 Å². The Morgan fingerprint density at radius 3 is 1.89 bits per heavy atom. The fraction of sp³-hybridized carbons (Fsp3) is 0.333. The Morgan fingerprint density at radius 1 is 1.07 bits per heavy atom. The number of halogens is 3. The lowest BCUT2D eigenvalue weighted by atomic mass is 10.2. The maximum Gasteiger partial charge on any atom is 0.485 e. The molecule has 0 atom stereocenters. The molecule has 0 bridgehead atoms. The van der Waals surface area contributed by atoms with Crippen molar-refractivity contribution in [1.29, 1.82) is 0 Å². The molecule has 0 amide bonds. The van der Waals surface area contributed by atoms with E-state index in [2.05, 4.69) is 60.0 Å². The van der Waals surface area contributed by atoms with Crippen molar-refractivity contribution in [2.24, 2.45) is 4.99 Å². The van der Waals surface area contributed by atoms with E-state index in [0.29, 0.717) is 0 Å². The highest BCUT2D eigenvalue weighted by molar-refractivity contribution is 7.86. The van der Waals surface area contributed by atoms with Crippen molar-refractivity contribution >= 4 is 21.6 Å². The summed E-state index contributed by atoms with van der Waals surface area (Å²) in [6.07, 6.45) is 4.12. The van der Waals surface area contributed by atoms with Crippen molar-refractivity contribution < 1.29 is 30.7 Å². The smallest absolute Gasteiger partial charge is 0.485 e. The quantitative estimate of drug-likeness (QED) is 0.253. The Morgan fingerprint density at radius 2 is 1.54 bits per heavy atom. The molecular formula is C18H22F3N3O3S. The van der Waals surface area contributed by atoms with E-state index in [4.69, 9.17) is 18.0 Å². The van der Waals surface area contributed by atoms with Gasteiger partial charge in [-0.15, -0.1) is 0 Å². The van der Waals surface area contributed by atoms with Gasteiger partial charge in [-0.25, -0.2) is 13.0 Å². The molecule has 0 saturated carbocycles. The van der Waals surface area contributed by atoms with Gasteiger partial charge in [0.1, 0.15) is 6.04 Å². The molecule has 0 aliphatic carbocycles. The summed E-state index contributed by atoms with van der Waals surface area (Å²) in [7, 11) is -2.01. The Balaban J connectivity index is 0.000000416. The highest BCUT2D eigenvalue weighted by atomic mass is 32.2. The third-order valence-electron chi connectivity index (χ3n) is 3.27. The average molecular weight is 417 g/mol. The van der Waals surface area contributed by atoms with E-state index in [1.54, 1.807) is 0 Å². The van der Waals surface area contributed by atoms with Crippen LogP contribution >= 0.6 is 0 Å². The van der Waals surface area contributed by atoms with Gasteiger partial charge in [-0.2, -0.15) is 13.2 Å². The lowest BCUT2D eigenvalue weighted by Crippen LogP contribution is -2.43. The Kier molecular flexibility index (Phi) is 8.13. The van der Waals surface area contributed by atoms with Gasteiger partial charge in [0.25, 0.3) is 0 Å². The van der Waals surface area contributed by atoms with E-state index in [1.165, 1.54) is 5.69 Å². The first-order valence-corrected chi connectivity index (χ1v) is 9.58. The molecule has 0 aliphatic rings. The number of aromatic nitrogens is 1. The number of nitrogens with zero attached hydrogens (tertiary/aromatic N) is 3. The molecule has 0 radical (unpaired) electrons. The maximum absolute atomic E-state index is 10.7. The minimum absolute atomic E-state index is 0.256. The number of benzene rings is 1. The fourth-order valence-corrected chi connectivity index (χ4v) is 1.98. The van der Waals surface area contributed by atoms with Gasteiger partial charge in [0.2, 0.25) is 0 Å². The number of alkyl halides is 3. The number of aliphatic imine (C=N–C) groups is 1. The summed E-state index contributed by atoms with van der Waals surface area (Å²) in [6, 6.07) is 14.7. The summed E-state index contributed by atoms with van der Waals surface area (Å²) in [5.74, 6) is 0.978. The van der Waals surface area contributed by atoms with Crippen LogP contribution in [0, 0.1) is 0 Å². The molecule has 154 valence electrons. The first kappa shape index (κ1) is 23.6. The molecule has 0 spiro atoms. The van der Waals surface area contributed by atoms with Gasteiger partial charge in [0, 0.05) is 31.9 Å². The number of pyridine rings is 1. The second-order valence-electron chi connectivity index (χ2n) is 6.17. The Bertz CT molecular complexity index is 880. The molecular weight excluding hydrogens is 395 g/mol. The molecule has 0 N–H and O–H groups in total. The highest BCUT2D eigenvalue weighted by Gasteiger charge is 2.36. The minimum Gasteiger partial charge on any atom is -0.741 e. The molecule has 0 fully saturated rings. The molecule has 1 heterocycles. The molecule has 2 rings (SSSR count). The van der Waals surface area contributed by atoms with E-state index in [9.17, 15) is 13.2 Å². The van der Waals surface area contributed by atoms with Crippen LogP contribution in [0.5, 0.6) is 0 Å². The summed E-state index contributed by atoms with van der Waals surface area (Å²) >= 11 is 0. The first-order valence-electron chi connectivity index (χ1n) is 8.17. The van der Waals surface area contributed by atoms with E-state index >= 15 is 0 Å². The van der Waals surface area contributed by atoms with Crippen LogP contribution in [-0.4, -0.2) is 44.5 Å². The van der Waals surface area contributed by atoms with Crippen molar-refractivity contribution in [2.45, 2.75) is 25.4 Å². The van der Waals surface area contributed by atoms with E-state index < -0.39 is 15.6 Å².